The number of anilines is 1. The van der Waals surface area contributed by atoms with E-state index >= 15 is 0 Å². The molecule has 3 rings (SSSR count). The van der Waals surface area contributed by atoms with Crippen molar-refractivity contribution >= 4 is 11.7 Å². The van der Waals surface area contributed by atoms with E-state index in [1.54, 1.807) is 11.7 Å². The first-order valence-corrected chi connectivity index (χ1v) is 7.49. The average molecular weight is 339 g/mol. The molecule has 1 aromatic carbocycles. The fourth-order valence-corrected chi connectivity index (χ4v) is 2.73. The summed E-state index contributed by atoms with van der Waals surface area (Å²) >= 11 is 0. The predicted octanol–water partition coefficient (Wildman–Crippen LogP) is 2.95. The van der Waals surface area contributed by atoms with Crippen LogP contribution >= 0.6 is 0 Å². The molecule has 0 radical (unpaired) electrons. The lowest BCUT2D eigenvalue weighted by atomic mass is 10.2. The Labute approximate surface area is 136 Å². The third-order valence-corrected chi connectivity index (χ3v) is 3.88. The standard InChI is InChI=1S/C16H16F3N3O2/c1-22-15(12-3-2-4-13(12)21-22)20-14(23)9-24-11-7-5-10(6-8-11)16(17,18)19/h5-8H,2-4,9H2,1H3,(H,20,23). The zero-order chi connectivity index (χ0) is 17.3. The van der Waals surface area contributed by atoms with Crippen LogP contribution in [0.25, 0.3) is 0 Å². The molecule has 0 aliphatic heterocycles. The molecule has 0 spiro atoms. The van der Waals surface area contributed by atoms with Crippen LogP contribution in [0.3, 0.4) is 0 Å². The van der Waals surface area contributed by atoms with E-state index in [1.807, 2.05) is 0 Å². The lowest BCUT2D eigenvalue weighted by molar-refractivity contribution is -0.137. The highest BCUT2D eigenvalue weighted by molar-refractivity contribution is 5.92. The Hall–Kier alpha value is -2.51. The Morgan fingerprint density at radius 3 is 2.67 bits per heavy atom. The van der Waals surface area contributed by atoms with Crippen LogP contribution in [-0.2, 0) is 30.9 Å². The summed E-state index contributed by atoms with van der Waals surface area (Å²) in [4.78, 5) is 12.0. The van der Waals surface area contributed by atoms with Crippen molar-refractivity contribution in [1.82, 2.24) is 9.78 Å². The number of amides is 1. The van der Waals surface area contributed by atoms with Gasteiger partial charge in [0, 0.05) is 12.6 Å². The molecule has 0 unspecified atom stereocenters. The van der Waals surface area contributed by atoms with Gasteiger partial charge < -0.3 is 10.1 Å². The first-order chi connectivity index (χ1) is 11.3. The van der Waals surface area contributed by atoms with Gasteiger partial charge in [-0.1, -0.05) is 0 Å². The molecule has 24 heavy (non-hydrogen) atoms. The first kappa shape index (κ1) is 16.4. The van der Waals surface area contributed by atoms with Crippen LogP contribution in [0.4, 0.5) is 19.0 Å². The molecule has 8 heteroatoms. The molecule has 1 aliphatic carbocycles. The van der Waals surface area contributed by atoms with E-state index in [1.165, 1.54) is 12.1 Å². The van der Waals surface area contributed by atoms with Crippen LogP contribution in [0, 0.1) is 0 Å². The molecular weight excluding hydrogens is 323 g/mol. The maximum Gasteiger partial charge on any atom is 0.416 e. The zero-order valence-electron chi connectivity index (χ0n) is 13.0. The van der Waals surface area contributed by atoms with Crippen molar-refractivity contribution in [3.05, 3.63) is 41.1 Å². The van der Waals surface area contributed by atoms with Crippen molar-refractivity contribution in [3.8, 4) is 5.75 Å². The quantitative estimate of drug-likeness (QED) is 0.932. The van der Waals surface area contributed by atoms with Gasteiger partial charge in [0.05, 0.1) is 11.3 Å². The summed E-state index contributed by atoms with van der Waals surface area (Å²) in [5.74, 6) is 0.476. The maximum atomic E-state index is 12.5. The molecule has 0 saturated carbocycles. The second kappa shape index (κ2) is 6.18. The fraction of sp³-hybridized carbons (Fsp3) is 0.375. The highest BCUT2D eigenvalue weighted by Crippen LogP contribution is 2.30. The van der Waals surface area contributed by atoms with E-state index in [9.17, 15) is 18.0 Å². The Morgan fingerprint density at radius 2 is 2.00 bits per heavy atom. The molecule has 1 aliphatic rings. The van der Waals surface area contributed by atoms with E-state index < -0.39 is 11.7 Å². The van der Waals surface area contributed by atoms with Gasteiger partial charge in [-0.2, -0.15) is 18.3 Å². The van der Waals surface area contributed by atoms with Gasteiger partial charge in [0.25, 0.3) is 5.91 Å². The Morgan fingerprint density at radius 1 is 1.29 bits per heavy atom. The SMILES string of the molecule is Cn1nc2c(c1NC(=O)COc1ccc(C(F)(F)F)cc1)CCC2. The number of halogens is 3. The number of alkyl halides is 3. The summed E-state index contributed by atoms with van der Waals surface area (Å²) in [5, 5.41) is 7.10. The Kier molecular flexibility index (Phi) is 4.21. The molecule has 1 N–H and O–H groups in total. The number of benzene rings is 1. The molecule has 0 atom stereocenters. The number of carbonyl (C=O) groups is 1. The monoisotopic (exact) mass is 339 g/mol. The number of hydrogen-bond donors (Lipinski definition) is 1. The van der Waals surface area contributed by atoms with Crippen LogP contribution in [-0.4, -0.2) is 22.3 Å². The van der Waals surface area contributed by atoms with Gasteiger partial charge in [0.1, 0.15) is 11.6 Å². The Bertz CT molecular complexity index is 751. The third kappa shape index (κ3) is 3.37. The number of ether oxygens (including phenoxy) is 1. The molecular formula is C16H16F3N3O2. The van der Waals surface area contributed by atoms with Crippen molar-refractivity contribution in [1.29, 1.82) is 0 Å². The summed E-state index contributed by atoms with van der Waals surface area (Å²) in [6, 6.07) is 4.22. The number of aromatic nitrogens is 2. The molecule has 0 saturated heterocycles. The Balaban J connectivity index is 1.58. The number of hydrogen-bond acceptors (Lipinski definition) is 3. The molecule has 128 valence electrons. The smallest absolute Gasteiger partial charge is 0.416 e. The molecule has 1 amide bonds. The van der Waals surface area contributed by atoms with Gasteiger partial charge >= 0.3 is 6.18 Å². The number of fused-ring (bicyclic) bond motifs is 1. The second-order valence-corrected chi connectivity index (χ2v) is 5.61. The summed E-state index contributed by atoms with van der Waals surface area (Å²) in [6.07, 6.45) is -1.60. The lowest BCUT2D eigenvalue weighted by Gasteiger charge is -2.10. The van der Waals surface area contributed by atoms with Gasteiger partial charge in [-0.05, 0) is 43.5 Å². The summed E-state index contributed by atoms with van der Waals surface area (Å²) < 4.78 is 44.3. The summed E-state index contributed by atoms with van der Waals surface area (Å²) in [5.41, 5.74) is 1.28. The highest BCUT2D eigenvalue weighted by Gasteiger charge is 2.30. The average Bonchev–Trinajstić information content (AvgIpc) is 3.08. The van der Waals surface area contributed by atoms with Crippen LogP contribution in [0.2, 0.25) is 0 Å². The number of nitrogens with zero attached hydrogens (tertiary/aromatic N) is 2. The number of carbonyl (C=O) groups excluding carboxylic acids is 1. The van der Waals surface area contributed by atoms with Crippen LogP contribution in [0.15, 0.2) is 24.3 Å². The number of nitrogens with one attached hydrogen (secondary N) is 1. The van der Waals surface area contributed by atoms with Gasteiger partial charge in [-0.15, -0.1) is 0 Å². The second-order valence-electron chi connectivity index (χ2n) is 5.61. The van der Waals surface area contributed by atoms with Crippen LogP contribution in [0.1, 0.15) is 23.2 Å². The van der Waals surface area contributed by atoms with Crippen molar-refractivity contribution in [2.75, 3.05) is 11.9 Å². The number of rotatable bonds is 4. The number of aryl methyl sites for hydroxylation is 2. The molecule has 2 aromatic rings. The molecule has 0 fully saturated rings. The lowest BCUT2D eigenvalue weighted by Crippen LogP contribution is -2.22. The molecule has 0 bridgehead atoms. The predicted molar refractivity (Wildman–Crippen MR) is 80.8 cm³/mol. The van der Waals surface area contributed by atoms with Gasteiger partial charge in [0.2, 0.25) is 0 Å². The van der Waals surface area contributed by atoms with Crippen LogP contribution in [0.5, 0.6) is 5.75 Å². The minimum Gasteiger partial charge on any atom is -0.484 e. The van der Waals surface area contributed by atoms with E-state index in [-0.39, 0.29) is 18.3 Å². The van der Waals surface area contributed by atoms with Gasteiger partial charge in [-0.3, -0.25) is 9.48 Å². The van der Waals surface area contributed by atoms with E-state index in [4.69, 9.17) is 4.74 Å². The van der Waals surface area contributed by atoms with Gasteiger partial charge in [-0.25, -0.2) is 0 Å². The van der Waals surface area contributed by atoms with Crippen molar-refractivity contribution < 1.29 is 22.7 Å². The fourth-order valence-electron chi connectivity index (χ4n) is 2.73. The molecule has 1 aromatic heterocycles. The zero-order valence-corrected chi connectivity index (χ0v) is 13.0. The highest BCUT2D eigenvalue weighted by atomic mass is 19.4. The summed E-state index contributed by atoms with van der Waals surface area (Å²) in [7, 11) is 1.75. The molecule has 5 nitrogen and oxygen atoms in total. The van der Waals surface area contributed by atoms with E-state index in [0.29, 0.717) is 5.82 Å². The normalized spacial score (nSPS) is 13.7. The third-order valence-electron chi connectivity index (χ3n) is 3.88. The maximum absolute atomic E-state index is 12.5. The van der Waals surface area contributed by atoms with Crippen molar-refractivity contribution in [3.63, 3.8) is 0 Å². The minimum absolute atomic E-state index is 0.202. The summed E-state index contributed by atoms with van der Waals surface area (Å²) in [6.45, 7) is -0.286. The topological polar surface area (TPSA) is 56.2 Å². The minimum atomic E-state index is -4.39. The van der Waals surface area contributed by atoms with E-state index in [2.05, 4.69) is 10.4 Å². The van der Waals surface area contributed by atoms with Crippen molar-refractivity contribution in [2.24, 2.45) is 7.05 Å². The van der Waals surface area contributed by atoms with E-state index in [0.717, 1.165) is 42.7 Å². The van der Waals surface area contributed by atoms with Crippen LogP contribution < -0.4 is 10.1 Å². The van der Waals surface area contributed by atoms with Gasteiger partial charge in [0.15, 0.2) is 6.61 Å². The van der Waals surface area contributed by atoms with Crippen molar-refractivity contribution in [2.45, 2.75) is 25.4 Å². The largest absolute Gasteiger partial charge is 0.484 e. The molecule has 1 heterocycles. The first-order valence-electron chi connectivity index (χ1n) is 7.49.